The van der Waals surface area contributed by atoms with Gasteiger partial charge in [0.2, 0.25) is 0 Å². The minimum atomic E-state index is -0.333. The molecule has 0 aliphatic rings. The Morgan fingerprint density at radius 2 is 1.43 bits per heavy atom. The van der Waals surface area contributed by atoms with Crippen molar-refractivity contribution in [2.45, 2.75) is 77.2 Å². The fourth-order valence-electron chi connectivity index (χ4n) is 1.63. The molecule has 0 rings (SSSR count). The molecule has 0 bridgehead atoms. The molecule has 0 unspecified atom stereocenters. The van der Waals surface area contributed by atoms with Crippen LogP contribution in [0.5, 0.6) is 0 Å². The van der Waals surface area contributed by atoms with Crippen molar-refractivity contribution in [3.63, 3.8) is 0 Å². The number of hydrogen-bond donors (Lipinski definition) is 0. The van der Waals surface area contributed by atoms with Crippen molar-refractivity contribution >= 4 is 19.9 Å². The third-order valence-electron chi connectivity index (χ3n) is 2.82. The van der Waals surface area contributed by atoms with Gasteiger partial charge >= 0.3 is 0 Å². The molecule has 86 valence electrons. The highest BCUT2D eigenvalue weighted by Crippen LogP contribution is 2.31. The van der Waals surface area contributed by atoms with E-state index < -0.39 is 0 Å². The van der Waals surface area contributed by atoms with Crippen LogP contribution in [0.25, 0.3) is 0 Å². The van der Waals surface area contributed by atoms with Crippen LogP contribution in [0.3, 0.4) is 0 Å². The van der Waals surface area contributed by atoms with E-state index in [4.69, 9.17) is 11.1 Å². The summed E-state index contributed by atoms with van der Waals surface area (Å²) in [6.45, 7) is 6.92. The summed E-state index contributed by atoms with van der Waals surface area (Å²) in [5.41, 5.74) is 0. The van der Waals surface area contributed by atoms with Gasteiger partial charge in [-0.05, 0) is 11.5 Å². The van der Waals surface area contributed by atoms with Crippen molar-refractivity contribution in [2.24, 2.45) is 0 Å². The van der Waals surface area contributed by atoms with E-state index in [9.17, 15) is 0 Å². The molecule has 0 N–H and O–H groups in total. The van der Waals surface area contributed by atoms with Crippen LogP contribution in [-0.4, -0.2) is 8.83 Å². The minimum Gasteiger partial charge on any atom is -0.176 e. The molecule has 0 aromatic carbocycles. The number of hydrogen-bond acceptors (Lipinski definition) is 0. The quantitative estimate of drug-likeness (QED) is 0.310. The maximum atomic E-state index is 6.01. The molecule has 0 radical (unpaired) electrons. The molecule has 0 atom stereocenters. The van der Waals surface area contributed by atoms with E-state index >= 15 is 0 Å². The third kappa shape index (κ3) is 9.08. The van der Waals surface area contributed by atoms with Crippen LogP contribution >= 0.6 is 11.1 Å². The lowest BCUT2D eigenvalue weighted by molar-refractivity contribution is 0.523. The summed E-state index contributed by atoms with van der Waals surface area (Å²) < 4.78 is 0. The van der Waals surface area contributed by atoms with Crippen LogP contribution in [0, 0.1) is 0 Å². The van der Waals surface area contributed by atoms with Crippen molar-refractivity contribution in [3.8, 4) is 0 Å². The van der Waals surface area contributed by atoms with Crippen LogP contribution in [0.1, 0.15) is 72.1 Å². The first-order valence-electron chi connectivity index (χ1n) is 6.18. The van der Waals surface area contributed by atoms with Gasteiger partial charge in [-0.3, -0.25) is 0 Å². The first-order valence-corrected chi connectivity index (χ1v) is 9.03. The molecule has 2 heteroatoms. The van der Waals surface area contributed by atoms with Crippen molar-refractivity contribution in [2.75, 3.05) is 0 Å². The molecule has 0 aromatic rings. The lowest BCUT2D eigenvalue weighted by atomic mass is 10.0. The fourth-order valence-corrected chi connectivity index (χ4v) is 2.41. The number of rotatable bonds is 9. The normalized spacial score (nSPS) is 12.9. The first-order chi connectivity index (χ1) is 6.62. The highest BCUT2D eigenvalue weighted by Gasteiger charge is 2.15. The lowest BCUT2D eigenvalue weighted by Gasteiger charge is -2.20. The molecule has 14 heavy (non-hydrogen) atoms. The second kappa shape index (κ2) is 8.79. The predicted molar refractivity (Wildman–Crippen MR) is 71.0 cm³/mol. The van der Waals surface area contributed by atoms with Gasteiger partial charge in [-0.2, -0.15) is 11.1 Å². The standard InChI is InChI=1S/C12H27ClSi/c1-4-5-6-7-8-9-10-11-12(2,3)14-13/h4-11,14H2,1-3H3. The number of halogens is 1. The summed E-state index contributed by atoms with van der Waals surface area (Å²) in [6, 6.07) is 0. The molecule has 0 aromatic heterocycles. The van der Waals surface area contributed by atoms with Crippen LogP contribution in [0.15, 0.2) is 0 Å². The topological polar surface area (TPSA) is 0 Å². The molecule has 0 nitrogen and oxygen atoms in total. The van der Waals surface area contributed by atoms with Gasteiger partial charge in [0.1, 0.15) is 8.83 Å². The highest BCUT2D eigenvalue weighted by molar-refractivity contribution is 6.95. The Morgan fingerprint density at radius 1 is 0.929 bits per heavy atom. The van der Waals surface area contributed by atoms with Gasteiger partial charge in [-0.25, -0.2) is 0 Å². The molecule has 0 saturated carbocycles. The highest BCUT2D eigenvalue weighted by atomic mass is 35.6. The zero-order chi connectivity index (χ0) is 10.9. The van der Waals surface area contributed by atoms with Crippen molar-refractivity contribution in [1.29, 1.82) is 0 Å². The molecule has 0 heterocycles. The summed E-state index contributed by atoms with van der Waals surface area (Å²) in [4.78, 5) is 0. The zero-order valence-corrected chi connectivity index (χ0v) is 12.4. The molecular formula is C12H27ClSi. The predicted octanol–water partition coefficient (Wildman–Crippen LogP) is 4.65. The Balaban J connectivity index is 3.13. The summed E-state index contributed by atoms with van der Waals surface area (Å²) in [7, 11) is -0.333. The molecule has 0 amide bonds. The van der Waals surface area contributed by atoms with E-state index in [0.29, 0.717) is 5.04 Å². The largest absolute Gasteiger partial charge is 0.176 e. The van der Waals surface area contributed by atoms with Crippen LogP contribution in [0.4, 0.5) is 0 Å². The zero-order valence-electron chi connectivity index (χ0n) is 10.2. The lowest BCUT2D eigenvalue weighted by Crippen LogP contribution is -2.07. The minimum absolute atomic E-state index is 0.333. The summed E-state index contributed by atoms with van der Waals surface area (Å²) in [6.07, 6.45) is 11.2. The molecular weight excluding hydrogens is 208 g/mol. The van der Waals surface area contributed by atoms with Gasteiger partial charge in [-0.1, -0.05) is 65.7 Å². The van der Waals surface area contributed by atoms with Crippen molar-refractivity contribution in [3.05, 3.63) is 0 Å². The monoisotopic (exact) mass is 234 g/mol. The van der Waals surface area contributed by atoms with E-state index in [1.54, 1.807) is 0 Å². The SMILES string of the molecule is CCCCCCCCCC(C)(C)[SiH2]Cl. The van der Waals surface area contributed by atoms with E-state index in [1.165, 1.54) is 51.4 Å². The van der Waals surface area contributed by atoms with Gasteiger partial charge < -0.3 is 0 Å². The second-order valence-corrected chi connectivity index (χ2v) is 8.15. The second-order valence-electron chi connectivity index (χ2n) is 5.17. The van der Waals surface area contributed by atoms with Gasteiger partial charge in [0, 0.05) is 0 Å². The van der Waals surface area contributed by atoms with Gasteiger partial charge in [-0.15, -0.1) is 0 Å². The third-order valence-corrected chi connectivity index (χ3v) is 6.07. The fraction of sp³-hybridized carbons (Fsp3) is 1.00. The van der Waals surface area contributed by atoms with Crippen LogP contribution in [0.2, 0.25) is 5.04 Å². The average Bonchev–Trinajstić information content (AvgIpc) is 2.16. The maximum absolute atomic E-state index is 6.01. The van der Waals surface area contributed by atoms with E-state index in [0.717, 1.165) is 0 Å². The molecule has 0 saturated heterocycles. The molecule has 0 spiro atoms. The summed E-state index contributed by atoms with van der Waals surface area (Å²) in [5, 5.41) is 0.491. The molecule has 0 fully saturated rings. The van der Waals surface area contributed by atoms with E-state index in [1.807, 2.05) is 0 Å². The Labute approximate surface area is 97.3 Å². The van der Waals surface area contributed by atoms with E-state index in [-0.39, 0.29) is 8.83 Å². The van der Waals surface area contributed by atoms with Crippen molar-refractivity contribution in [1.82, 2.24) is 0 Å². The van der Waals surface area contributed by atoms with Crippen LogP contribution in [-0.2, 0) is 0 Å². The first kappa shape index (κ1) is 14.5. The van der Waals surface area contributed by atoms with Crippen LogP contribution < -0.4 is 0 Å². The summed E-state index contributed by atoms with van der Waals surface area (Å²) in [5.74, 6) is 0. The van der Waals surface area contributed by atoms with Gasteiger partial charge in [0.15, 0.2) is 0 Å². The Bertz CT molecular complexity index is 123. The number of unbranched alkanes of at least 4 members (excludes halogenated alkanes) is 6. The average molecular weight is 235 g/mol. The van der Waals surface area contributed by atoms with Crippen molar-refractivity contribution < 1.29 is 0 Å². The smallest absolute Gasteiger partial charge is 0.130 e. The summed E-state index contributed by atoms with van der Waals surface area (Å²) >= 11 is 6.01. The van der Waals surface area contributed by atoms with Gasteiger partial charge in [0.05, 0.1) is 0 Å². The van der Waals surface area contributed by atoms with E-state index in [2.05, 4.69) is 20.8 Å². The van der Waals surface area contributed by atoms with Gasteiger partial charge in [0.25, 0.3) is 0 Å². The molecule has 0 aliphatic carbocycles. The Hall–Kier alpha value is 0.507. The maximum Gasteiger partial charge on any atom is 0.130 e. The Morgan fingerprint density at radius 3 is 1.93 bits per heavy atom. The molecule has 0 aliphatic heterocycles. The Kier molecular flexibility index (Phi) is 9.10.